The SMILES string of the molecule is NCc1cc2cc(-c3ccccc3F)cc(-c3cccnc3)c2o1. The first-order valence-electron chi connectivity index (χ1n) is 7.68. The summed E-state index contributed by atoms with van der Waals surface area (Å²) in [7, 11) is 0. The highest BCUT2D eigenvalue weighted by Gasteiger charge is 2.14. The van der Waals surface area contributed by atoms with Gasteiger partial charge >= 0.3 is 0 Å². The monoisotopic (exact) mass is 318 g/mol. The van der Waals surface area contributed by atoms with E-state index >= 15 is 0 Å². The number of pyridine rings is 1. The zero-order chi connectivity index (χ0) is 16.5. The standard InChI is InChI=1S/C20H15FN2O/c21-19-6-2-1-5-17(19)14-8-15-9-16(11-22)24-20(15)18(10-14)13-4-3-7-23-12-13/h1-10,12H,11,22H2. The predicted molar refractivity (Wildman–Crippen MR) is 92.7 cm³/mol. The fraction of sp³-hybridized carbons (Fsp3) is 0.0500. The summed E-state index contributed by atoms with van der Waals surface area (Å²) in [5.74, 6) is 0.442. The second kappa shape index (κ2) is 5.91. The van der Waals surface area contributed by atoms with Gasteiger partial charge < -0.3 is 10.2 Å². The van der Waals surface area contributed by atoms with Crippen LogP contribution < -0.4 is 5.73 Å². The van der Waals surface area contributed by atoms with Gasteiger partial charge in [0.2, 0.25) is 0 Å². The van der Waals surface area contributed by atoms with Crippen molar-refractivity contribution in [1.82, 2.24) is 4.98 Å². The number of furan rings is 1. The van der Waals surface area contributed by atoms with Crippen LogP contribution in [-0.2, 0) is 6.54 Å². The molecule has 24 heavy (non-hydrogen) atoms. The molecule has 0 aliphatic rings. The number of nitrogens with two attached hydrogens (primary N) is 1. The van der Waals surface area contributed by atoms with E-state index < -0.39 is 0 Å². The van der Waals surface area contributed by atoms with Crippen LogP contribution in [0.3, 0.4) is 0 Å². The fourth-order valence-corrected chi connectivity index (χ4v) is 2.89. The average Bonchev–Trinajstić information content (AvgIpc) is 3.05. The Bertz CT molecular complexity index is 1010. The molecule has 3 nitrogen and oxygen atoms in total. The lowest BCUT2D eigenvalue weighted by atomic mass is 9.97. The van der Waals surface area contributed by atoms with Crippen molar-refractivity contribution in [2.24, 2.45) is 5.73 Å². The number of fused-ring (bicyclic) bond motifs is 1. The van der Waals surface area contributed by atoms with Crippen LogP contribution in [0.15, 0.2) is 71.4 Å². The summed E-state index contributed by atoms with van der Waals surface area (Å²) in [6, 6.07) is 16.3. The maximum absolute atomic E-state index is 14.2. The molecule has 4 aromatic rings. The molecule has 0 aliphatic carbocycles. The summed E-state index contributed by atoms with van der Waals surface area (Å²) in [4.78, 5) is 4.17. The van der Waals surface area contributed by atoms with E-state index in [-0.39, 0.29) is 5.82 Å². The van der Waals surface area contributed by atoms with Crippen LogP contribution in [-0.4, -0.2) is 4.98 Å². The number of aromatic nitrogens is 1. The third kappa shape index (κ3) is 2.47. The molecule has 2 aromatic heterocycles. The third-order valence-electron chi connectivity index (χ3n) is 4.03. The summed E-state index contributed by atoms with van der Waals surface area (Å²) in [6.07, 6.45) is 3.49. The van der Waals surface area contributed by atoms with Crippen LogP contribution in [0.1, 0.15) is 5.76 Å². The summed E-state index contributed by atoms with van der Waals surface area (Å²) in [5.41, 5.74) is 9.59. The van der Waals surface area contributed by atoms with E-state index in [0.29, 0.717) is 17.9 Å². The largest absolute Gasteiger partial charge is 0.459 e. The zero-order valence-corrected chi connectivity index (χ0v) is 12.9. The Labute approximate surface area is 138 Å². The molecule has 0 unspecified atom stereocenters. The molecule has 118 valence electrons. The van der Waals surface area contributed by atoms with Crippen LogP contribution in [0.2, 0.25) is 0 Å². The maximum Gasteiger partial charge on any atom is 0.142 e. The topological polar surface area (TPSA) is 52.0 Å². The number of hydrogen-bond donors (Lipinski definition) is 1. The fourth-order valence-electron chi connectivity index (χ4n) is 2.89. The van der Waals surface area contributed by atoms with Crippen LogP contribution in [0, 0.1) is 5.82 Å². The van der Waals surface area contributed by atoms with Crippen molar-refractivity contribution < 1.29 is 8.81 Å². The molecule has 0 spiro atoms. The molecule has 0 atom stereocenters. The number of nitrogens with zero attached hydrogens (tertiary/aromatic N) is 1. The highest BCUT2D eigenvalue weighted by atomic mass is 19.1. The molecule has 0 saturated heterocycles. The zero-order valence-electron chi connectivity index (χ0n) is 12.9. The molecule has 2 N–H and O–H groups in total. The number of benzene rings is 2. The van der Waals surface area contributed by atoms with Gasteiger partial charge in [-0.05, 0) is 35.9 Å². The second-order valence-electron chi connectivity index (χ2n) is 5.58. The molecule has 0 amide bonds. The molecule has 0 fully saturated rings. The Morgan fingerprint density at radius 1 is 0.958 bits per heavy atom. The number of halogens is 1. The Balaban J connectivity index is 2.02. The van der Waals surface area contributed by atoms with Gasteiger partial charge in [-0.1, -0.05) is 24.3 Å². The average molecular weight is 318 g/mol. The van der Waals surface area contributed by atoms with Gasteiger partial charge in [-0.25, -0.2) is 4.39 Å². The first-order chi connectivity index (χ1) is 11.8. The van der Waals surface area contributed by atoms with E-state index in [1.807, 2.05) is 36.4 Å². The van der Waals surface area contributed by atoms with E-state index in [2.05, 4.69) is 4.98 Å². The van der Waals surface area contributed by atoms with Crippen molar-refractivity contribution in [3.63, 3.8) is 0 Å². The van der Waals surface area contributed by atoms with E-state index in [1.54, 1.807) is 24.5 Å². The van der Waals surface area contributed by atoms with Gasteiger partial charge in [0.25, 0.3) is 0 Å². The van der Waals surface area contributed by atoms with Crippen LogP contribution >= 0.6 is 0 Å². The Kier molecular flexibility index (Phi) is 3.59. The lowest BCUT2D eigenvalue weighted by Crippen LogP contribution is -1.92. The summed E-state index contributed by atoms with van der Waals surface area (Å²) < 4.78 is 20.1. The van der Waals surface area contributed by atoms with E-state index in [9.17, 15) is 4.39 Å². The van der Waals surface area contributed by atoms with Crippen LogP contribution in [0.25, 0.3) is 33.2 Å². The lowest BCUT2D eigenvalue weighted by Gasteiger charge is -2.08. The van der Waals surface area contributed by atoms with Crippen molar-refractivity contribution in [2.75, 3.05) is 0 Å². The third-order valence-corrected chi connectivity index (χ3v) is 4.03. The number of rotatable bonds is 3. The van der Waals surface area contributed by atoms with Crippen molar-refractivity contribution in [3.05, 3.63) is 78.6 Å². The second-order valence-corrected chi connectivity index (χ2v) is 5.58. The molecule has 0 bridgehead atoms. The van der Waals surface area contributed by atoms with E-state index in [4.69, 9.17) is 10.2 Å². The first-order valence-corrected chi connectivity index (χ1v) is 7.68. The highest BCUT2D eigenvalue weighted by Crippen LogP contribution is 2.36. The van der Waals surface area contributed by atoms with Gasteiger partial charge in [0.05, 0.1) is 6.54 Å². The molecule has 0 radical (unpaired) electrons. The summed E-state index contributed by atoms with van der Waals surface area (Å²) in [6.45, 7) is 0.316. The molecule has 0 saturated carbocycles. The van der Waals surface area contributed by atoms with Crippen molar-refractivity contribution >= 4 is 11.0 Å². The summed E-state index contributed by atoms with van der Waals surface area (Å²) >= 11 is 0. The van der Waals surface area contributed by atoms with Crippen molar-refractivity contribution in [3.8, 4) is 22.3 Å². The van der Waals surface area contributed by atoms with Gasteiger partial charge in [0.1, 0.15) is 17.2 Å². The lowest BCUT2D eigenvalue weighted by molar-refractivity contribution is 0.553. The van der Waals surface area contributed by atoms with Gasteiger partial charge in [-0.3, -0.25) is 4.98 Å². The first kappa shape index (κ1) is 14.6. The smallest absolute Gasteiger partial charge is 0.142 e. The van der Waals surface area contributed by atoms with Crippen LogP contribution in [0.4, 0.5) is 4.39 Å². The molecular weight excluding hydrogens is 303 g/mol. The van der Waals surface area contributed by atoms with Gasteiger partial charge in [-0.15, -0.1) is 0 Å². The maximum atomic E-state index is 14.2. The molecule has 2 heterocycles. The normalized spacial score (nSPS) is 11.1. The van der Waals surface area contributed by atoms with Crippen molar-refractivity contribution in [1.29, 1.82) is 0 Å². The van der Waals surface area contributed by atoms with E-state index in [1.165, 1.54) is 6.07 Å². The molecular formula is C20H15FN2O. The molecule has 4 heteroatoms. The molecule has 0 aliphatic heterocycles. The quantitative estimate of drug-likeness (QED) is 0.592. The van der Waals surface area contributed by atoms with Crippen LogP contribution in [0.5, 0.6) is 0 Å². The Morgan fingerprint density at radius 2 is 1.83 bits per heavy atom. The van der Waals surface area contributed by atoms with Gasteiger partial charge in [0.15, 0.2) is 0 Å². The van der Waals surface area contributed by atoms with Gasteiger partial charge in [-0.2, -0.15) is 0 Å². The van der Waals surface area contributed by atoms with Crippen molar-refractivity contribution in [2.45, 2.75) is 6.54 Å². The minimum atomic E-state index is -0.253. The Morgan fingerprint density at radius 3 is 2.58 bits per heavy atom. The highest BCUT2D eigenvalue weighted by molar-refractivity contribution is 5.96. The minimum absolute atomic E-state index is 0.253. The predicted octanol–water partition coefficient (Wildman–Crippen LogP) is 4.76. The summed E-state index contributed by atoms with van der Waals surface area (Å²) in [5, 5.41) is 0.898. The molecule has 2 aromatic carbocycles. The molecule has 4 rings (SSSR count). The van der Waals surface area contributed by atoms with E-state index in [0.717, 1.165) is 27.7 Å². The van der Waals surface area contributed by atoms with Gasteiger partial charge in [0, 0.05) is 34.5 Å². The number of hydrogen-bond acceptors (Lipinski definition) is 3. The minimum Gasteiger partial charge on any atom is -0.459 e. The Hall–Kier alpha value is -2.98.